The van der Waals surface area contributed by atoms with Crippen molar-refractivity contribution >= 4 is 5.97 Å². The van der Waals surface area contributed by atoms with Crippen molar-refractivity contribution in [3.05, 3.63) is 24.3 Å². The zero-order chi connectivity index (χ0) is 15.4. The molecule has 3 nitrogen and oxygen atoms in total. The lowest BCUT2D eigenvalue weighted by Gasteiger charge is -2.06. The molecule has 0 aromatic carbocycles. The predicted molar refractivity (Wildman–Crippen MR) is 71.9 cm³/mol. The molecule has 0 saturated carbocycles. The van der Waals surface area contributed by atoms with Crippen LogP contribution in [0, 0.1) is 24.2 Å². The first kappa shape index (κ1) is 17.9. The number of hydrogen-bond donors (Lipinski definition) is 2. The van der Waals surface area contributed by atoms with E-state index in [0.717, 1.165) is 0 Å². The van der Waals surface area contributed by atoms with Gasteiger partial charge >= 0.3 is 11.9 Å². The largest absolute Gasteiger partial charge is 0.481 e. The molecule has 0 radical (unpaired) electrons. The van der Waals surface area contributed by atoms with E-state index >= 15 is 0 Å². The summed E-state index contributed by atoms with van der Waals surface area (Å²) in [6.07, 6.45) is 8.87. The summed E-state index contributed by atoms with van der Waals surface area (Å²) in [5.41, 5.74) is 0. The Morgan fingerprint density at radius 1 is 1.40 bits per heavy atom. The molecule has 0 aliphatic rings. The van der Waals surface area contributed by atoms with E-state index in [0.29, 0.717) is 0 Å². The van der Waals surface area contributed by atoms with Gasteiger partial charge in [0.1, 0.15) is 0 Å². The highest BCUT2D eigenvalue weighted by Gasteiger charge is 2.25. The van der Waals surface area contributed by atoms with Gasteiger partial charge in [-0.3, -0.25) is 4.79 Å². The van der Waals surface area contributed by atoms with E-state index in [1.807, 2.05) is 0 Å². The van der Waals surface area contributed by atoms with Crippen molar-refractivity contribution in [3.63, 3.8) is 0 Å². The van der Waals surface area contributed by atoms with Crippen molar-refractivity contribution in [3.8, 4) is 24.2 Å². The summed E-state index contributed by atoms with van der Waals surface area (Å²) < 4.78 is 26.3. The Hall–Kier alpha value is -2.11. The highest BCUT2D eigenvalue weighted by atomic mass is 19.3. The number of carboxylic acid groups (broad SMARTS) is 1. The second-order valence-corrected chi connectivity index (χ2v) is 3.94. The number of halogens is 2. The maximum absolute atomic E-state index is 13.1. The van der Waals surface area contributed by atoms with Crippen LogP contribution in [0.1, 0.15) is 25.7 Å². The SMILES string of the molecule is C#CC[C@@H](O)C=CC=CC#CC(F)(F)CCCC(=O)O. The van der Waals surface area contributed by atoms with Crippen LogP contribution in [0.5, 0.6) is 0 Å². The van der Waals surface area contributed by atoms with Crippen molar-refractivity contribution in [2.45, 2.75) is 37.7 Å². The van der Waals surface area contributed by atoms with E-state index in [-0.39, 0.29) is 19.3 Å². The fourth-order valence-corrected chi connectivity index (χ4v) is 1.16. The molecule has 0 bridgehead atoms. The third kappa shape index (κ3) is 11.0. The van der Waals surface area contributed by atoms with Crippen molar-refractivity contribution in [1.29, 1.82) is 0 Å². The molecule has 0 aliphatic heterocycles. The number of alkyl halides is 2. The smallest absolute Gasteiger partial charge is 0.308 e. The molecular formula is C15H16F2O3. The van der Waals surface area contributed by atoms with E-state index in [2.05, 4.69) is 11.8 Å². The zero-order valence-corrected chi connectivity index (χ0v) is 10.9. The monoisotopic (exact) mass is 282 g/mol. The van der Waals surface area contributed by atoms with Gasteiger partial charge in [-0.25, -0.2) is 0 Å². The molecule has 1 atom stereocenters. The van der Waals surface area contributed by atoms with Gasteiger partial charge in [0.15, 0.2) is 0 Å². The van der Waals surface area contributed by atoms with Crippen LogP contribution in [0.2, 0.25) is 0 Å². The molecular weight excluding hydrogens is 266 g/mol. The Balaban J connectivity index is 4.17. The minimum absolute atomic E-state index is 0.126. The fourth-order valence-electron chi connectivity index (χ4n) is 1.16. The lowest BCUT2D eigenvalue weighted by Crippen LogP contribution is -2.13. The molecule has 20 heavy (non-hydrogen) atoms. The number of carboxylic acids is 1. The summed E-state index contributed by atoms with van der Waals surface area (Å²) in [4.78, 5) is 10.2. The highest BCUT2D eigenvalue weighted by Crippen LogP contribution is 2.19. The molecule has 2 N–H and O–H groups in total. The number of terminal acetylenes is 1. The summed E-state index contributed by atoms with van der Waals surface area (Å²) >= 11 is 0. The van der Waals surface area contributed by atoms with Gasteiger partial charge in [0, 0.05) is 19.3 Å². The van der Waals surface area contributed by atoms with Crippen LogP contribution in [0.3, 0.4) is 0 Å². The van der Waals surface area contributed by atoms with E-state index in [1.165, 1.54) is 24.3 Å². The zero-order valence-electron chi connectivity index (χ0n) is 10.9. The molecule has 108 valence electrons. The number of hydrogen-bond acceptors (Lipinski definition) is 2. The van der Waals surface area contributed by atoms with Crippen LogP contribution in [0.4, 0.5) is 8.78 Å². The van der Waals surface area contributed by atoms with Gasteiger partial charge < -0.3 is 10.2 Å². The third-order valence-corrected chi connectivity index (χ3v) is 2.09. The highest BCUT2D eigenvalue weighted by molar-refractivity contribution is 5.66. The molecule has 5 heteroatoms. The second-order valence-electron chi connectivity index (χ2n) is 3.94. The topological polar surface area (TPSA) is 57.5 Å². The molecule has 0 aliphatic carbocycles. The summed E-state index contributed by atoms with van der Waals surface area (Å²) in [5, 5.41) is 17.5. The minimum atomic E-state index is -3.20. The van der Waals surface area contributed by atoms with Gasteiger partial charge in [-0.2, -0.15) is 8.78 Å². The summed E-state index contributed by atoms with van der Waals surface area (Å²) in [7, 11) is 0. The normalized spacial score (nSPS) is 12.9. The number of allylic oxidation sites excluding steroid dienone is 3. The molecule has 0 fully saturated rings. The summed E-state index contributed by atoms with van der Waals surface area (Å²) in [5.74, 6) is 1.89. The van der Waals surface area contributed by atoms with Crippen LogP contribution in [-0.2, 0) is 4.79 Å². The van der Waals surface area contributed by atoms with E-state index in [1.54, 1.807) is 5.92 Å². The number of carbonyl (C=O) groups is 1. The molecule has 0 unspecified atom stereocenters. The quantitative estimate of drug-likeness (QED) is 0.557. The van der Waals surface area contributed by atoms with Gasteiger partial charge in [0.2, 0.25) is 0 Å². The van der Waals surface area contributed by atoms with Crippen LogP contribution in [0.15, 0.2) is 24.3 Å². The number of aliphatic hydroxyl groups is 1. The van der Waals surface area contributed by atoms with Crippen LogP contribution in [0.25, 0.3) is 0 Å². The minimum Gasteiger partial charge on any atom is -0.481 e. The van der Waals surface area contributed by atoms with Crippen molar-refractivity contribution in [1.82, 2.24) is 0 Å². The average molecular weight is 282 g/mol. The molecule has 0 aromatic heterocycles. The van der Waals surface area contributed by atoms with Crippen molar-refractivity contribution in [2.75, 3.05) is 0 Å². The second kappa shape index (κ2) is 9.77. The molecule has 0 spiro atoms. The van der Waals surface area contributed by atoms with Crippen LogP contribution < -0.4 is 0 Å². The van der Waals surface area contributed by atoms with Crippen LogP contribution >= 0.6 is 0 Å². The molecule has 0 heterocycles. The molecule has 0 saturated heterocycles. The molecule has 0 amide bonds. The lowest BCUT2D eigenvalue weighted by atomic mass is 10.1. The fraction of sp³-hybridized carbons (Fsp3) is 0.400. The van der Waals surface area contributed by atoms with Gasteiger partial charge in [0.05, 0.1) is 6.10 Å². The Bertz CT molecular complexity index is 462. The van der Waals surface area contributed by atoms with Crippen molar-refractivity contribution < 1.29 is 23.8 Å². The van der Waals surface area contributed by atoms with Gasteiger partial charge in [-0.15, -0.1) is 12.3 Å². The Labute approximate surface area is 117 Å². The van der Waals surface area contributed by atoms with E-state index < -0.39 is 24.4 Å². The number of aliphatic hydroxyl groups excluding tert-OH is 1. The van der Waals surface area contributed by atoms with E-state index in [9.17, 15) is 18.7 Å². The average Bonchev–Trinajstić information content (AvgIpc) is 2.33. The number of aliphatic carboxylic acids is 1. The lowest BCUT2D eigenvalue weighted by molar-refractivity contribution is -0.137. The summed E-state index contributed by atoms with van der Waals surface area (Å²) in [6, 6.07) is 0. The number of rotatable bonds is 7. The van der Waals surface area contributed by atoms with Gasteiger partial charge in [0.25, 0.3) is 0 Å². The van der Waals surface area contributed by atoms with Crippen molar-refractivity contribution in [2.24, 2.45) is 0 Å². The maximum Gasteiger partial charge on any atom is 0.308 e. The molecule has 0 rings (SSSR count). The van der Waals surface area contributed by atoms with Gasteiger partial charge in [-0.1, -0.05) is 24.1 Å². The maximum atomic E-state index is 13.1. The third-order valence-electron chi connectivity index (χ3n) is 2.09. The molecule has 0 aromatic rings. The standard InChI is InChI=1S/C15H16F2O3/c1-2-8-13(18)9-5-3-4-6-11-15(16,17)12-7-10-14(19)20/h1,3-5,9,13,18H,7-8,10,12H2,(H,19,20)/t13-/m1/s1. The Kier molecular flexibility index (Phi) is 8.74. The first-order valence-electron chi connectivity index (χ1n) is 5.94. The Morgan fingerprint density at radius 3 is 2.70 bits per heavy atom. The predicted octanol–water partition coefficient (Wildman–Crippen LogP) is 2.38. The first-order valence-corrected chi connectivity index (χ1v) is 5.94. The van der Waals surface area contributed by atoms with Crippen LogP contribution in [-0.4, -0.2) is 28.2 Å². The van der Waals surface area contributed by atoms with Gasteiger partial charge in [-0.05, 0) is 18.4 Å². The first-order chi connectivity index (χ1) is 9.37. The van der Waals surface area contributed by atoms with E-state index in [4.69, 9.17) is 11.5 Å². The Morgan fingerprint density at radius 2 is 2.10 bits per heavy atom. The summed E-state index contributed by atoms with van der Waals surface area (Å²) in [6.45, 7) is 0.